The van der Waals surface area contributed by atoms with Crippen LogP contribution in [-0.2, 0) is 11.2 Å². The van der Waals surface area contributed by atoms with Gasteiger partial charge in [0.1, 0.15) is 17.5 Å². The van der Waals surface area contributed by atoms with Crippen LogP contribution in [0.3, 0.4) is 0 Å². The highest BCUT2D eigenvalue weighted by Crippen LogP contribution is 2.30. The van der Waals surface area contributed by atoms with Crippen molar-refractivity contribution in [3.8, 4) is 11.8 Å². The molecule has 0 bridgehead atoms. The molecule has 0 fully saturated rings. The molecule has 174 valence electrons. The van der Waals surface area contributed by atoms with E-state index in [1.54, 1.807) is 6.07 Å². The van der Waals surface area contributed by atoms with Crippen LogP contribution < -0.4 is 5.32 Å². The topological polar surface area (TPSA) is 138 Å². The third kappa shape index (κ3) is 5.13. The summed E-state index contributed by atoms with van der Waals surface area (Å²) in [6.07, 6.45) is 1.59. The first-order valence-corrected chi connectivity index (χ1v) is 10.8. The molecule has 1 atom stereocenters. The van der Waals surface area contributed by atoms with Gasteiger partial charge in [-0.1, -0.05) is 31.5 Å². The second-order valence-electron chi connectivity index (χ2n) is 7.91. The van der Waals surface area contributed by atoms with Crippen LogP contribution in [0.15, 0.2) is 54.6 Å². The van der Waals surface area contributed by atoms with Crippen molar-refractivity contribution in [3.63, 3.8) is 0 Å². The molecule has 34 heavy (non-hydrogen) atoms. The molecule has 0 aliphatic rings. The Balaban J connectivity index is 1.85. The fraction of sp³-hybridized carbons (Fsp3) is 0.240. The standard InChI is InChI=1S/C25H24N4O5/c1-3-5-18(24(30)27-23-21(25(31)32)6-4-7-22(23)29(33)34)14-17-9-12-19(13-10-17)28-16(2)8-11-20(28)15-26/h4,6-13,18H,3,5,14H2,1-2H3,(H,27,30)(H,31,32). The number of nitrogens with one attached hydrogen (secondary N) is 1. The maximum absolute atomic E-state index is 13.1. The van der Waals surface area contributed by atoms with Crippen molar-refractivity contribution >= 4 is 23.3 Å². The maximum atomic E-state index is 13.1. The summed E-state index contributed by atoms with van der Waals surface area (Å²) in [5.74, 6) is -2.35. The molecule has 2 N–H and O–H groups in total. The van der Waals surface area contributed by atoms with Crippen LogP contribution in [-0.4, -0.2) is 26.5 Å². The van der Waals surface area contributed by atoms with E-state index in [9.17, 15) is 30.1 Å². The summed E-state index contributed by atoms with van der Waals surface area (Å²) in [6.45, 7) is 3.83. The zero-order chi connectivity index (χ0) is 24.8. The number of hydrogen-bond acceptors (Lipinski definition) is 5. The number of benzene rings is 2. The van der Waals surface area contributed by atoms with Gasteiger partial charge in [-0.05, 0) is 55.7 Å². The molecule has 1 unspecified atom stereocenters. The normalized spacial score (nSPS) is 11.4. The van der Waals surface area contributed by atoms with Gasteiger partial charge in [0.2, 0.25) is 5.91 Å². The predicted molar refractivity (Wildman–Crippen MR) is 126 cm³/mol. The van der Waals surface area contributed by atoms with Crippen LogP contribution in [0.25, 0.3) is 5.69 Å². The van der Waals surface area contributed by atoms with E-state index in [2.05, 4.69) is 11.4 Å². The summed E-state index contributed by atoms with van der Waals surface area (Å²) in [7, 11) is 0. The van der Waals surface area contributed by atoms with Gasteiger partial charge in [0.25, 0.3) is 5.69 Å². The molecular formula is C25H24N4O5. The Bertz CT molecular complexity index is 1240. The van der Waals surface area contributed by atoms with Crippen molar-refractivity contribution in [1.29, 1.82) is 5.26 Å². The van der Waals surface area contributed by atoms with Gasteiger partial charge in [-0.3, -0.25) is 14.9 Å². The highest BCUT2D eigenvalue weighted by molar-refractivity contribution is 6.03. The van der Waals surface area contributed by atoms with E-state index in [0.29, 0.717) is 25.0 Å². The Kier molecular flexibility index (Phi) is 7.43. The number of nitriles is 1. The minimum Gasteiger partial charge on any atom is -0.478 e. The number of aromatic nitrogens is 1. The molecule has 1 heterocycles. The van der Waals surface area contributed by atoms with E-state index in [1.807, 2.05) is 48.7 Å². The maximum Gasteiger partial charge on any atom is 0.338 e. The number of carboxylic acid groups (broad SMARTS) is 1. The monoisotopic (exact) mass is 460 g/mol. The van der Waals surface area contributed by atoms with Crippen molar-refractivity contribution < 1.29 is 19.6 Å². The lowest BCUT2D eigenvalue weighted by Gasteiger charge is -2.18. The summed E-state index contributed by atoms with van der Waals surface area (Å²) >= 11 is 0. The van der Waals surface area contributed by atoms with E-state index >= 15 is 0 Å². The van der Waals surface area contributed by atoms with Gasteiger partial charge in [-0.2, -0.15) is 5.26 Å². The smallest absolute Gasteiger partial charge is 0.338 e. The number of carboxylic acids is 1. The fourth-order valence-corrected chi connectivity index (χ4v) is 3.94. The van der Waals surface area contributed by atoms with E-state index in [-0.39, 0.29) is 11.3 Å². The van der Waals surface area contributed by atoms with Gasteiger partial charge in [0.15, 0.2) is 0 Å². The molecule has 3 aromatic rings. The van der Waals surface area contributed by atoms with Gasteiger partial charge in [0.05, 0.1) is 10.5 Å². The van der Waals surface area contributed by atoms with Crippen molar-refractivity contribution in [2.45, 2.75) is 33.1 Å². The molecule has 9 heteroatoms. The molecule has 3 rings (SSSR count). The Hall–Kier alpha value is -4.45. The molecule has 0 saturated heterocycles. The van der Waals surface area contributed by atoms with Gasteiger partial charge in [-0.25, -0.2) is 4.79 Å². The van der Waals surface area contributed by atoms with Crippen LogP contribution in [0.4, 0.5) is 11.4 Å². The number of carbonyl (C=O) groups excluding carboxylic acids is 1. The van der Waals surface area contributed by atoms with Gasteiger partial charge in [0, 0.05) is 23.4 Å². The van der Waals surface area contributed by atoms with E-state index in [1.165, 1.54) is 12.1 Å². The quantitative estimate of drug-likeness (QED) is 0.345. The number of para-hydroxylation sites is 1. The van der Waals surface area contributed by atoms with Crippen LogP contribution in [0.2, 0.25) is 0 Å². The van der Waals surface area contributed by atoms with Crippen molar-refractivity contribution in [2.75, 3.05) is 5.32 Å². The minimum atomic E-state index is -1.36. The molecule has 2 aromatic carbocycles. The lowest BCUT2D eigenvalue weighted by molar-refractivity contribution is -0.384. The minimum absolute atomic E-state index is 0.312. The third-order valence-electron chi connectivity index (χ3n) is 5.59. The lowest BCUT2D eigenvalue weighted by atomic mass is 9.93. The summed E-state index contributed by atoms with van der Waals surface area (Å²) in [4.78, 5) is 35.3. The molecule has 1 amide bonds. The number of carbonyl (C=O) groups is 2. The average Bonchev–Trinajstić information content (AvgIpc) is 3.19. The number of nitro benzene ring substituents is 1. The molecule has 0 saturated carbocycles. The summed E-state index contributed by atoms with van der Waals surface area (Å²) < 4.78 is 1.84. The Morgan fingerprint density at radius 2 is 1.88 bits per heavy atom. The van der Waals surface area contributed by atoms with Crippen molar-refractivity contribution in [2.24, 2.45) is 5.92 Å². The Morgan fingerprint density at radius 1 is 1.18 bits per heavy atom. The second-order valence-corrected chi connectivity index (χ2v) is 7.91. The Labute approximate surface area is 196 Å². The summed E-state index contributed by atoms with van der Waals surface area (Å²) in [5, 5.41) is 32.7. The SMILES string of the molecule is CCCC(Cc1ccc(-n2c(C)ccc2C#N)cc1)C(=O)Nc1c(C(=O)O)cccc1[N+](=O)[O-]. The lowest BCUT2D eigenvalue weighted by Crippen LogP contribution is -2.26. The molecule has 9 nitrogen and oxygen atoms in total. The molecule has 1 aromatic heterocycles. The van der Waals surface area contributed by atoms with Crippen molar-refractivity contribution in [3.05, 3.63) is 87.2 Å². The van der Waals surface area contributed by atoms with Crippen LogP contribution in [0.1, 0.15) is 47.1 Å². The highest BCUT2D eigenvalue weighted by atomic mass is 16.6. The number of aryl methyl sites for hydroxylation is 1. The largest absolute Gasteiger partial charge is 0.478 e. The predicted octanol–water partition coefficient (Wildman–Crippen LogP) is 4.86. The van der Waals surface area contributed by atoms with E-state index < -0.39 is 28.4 Å². The van der Waals surface area contributed by atoms with Gasteiger partial charge in [-0.15, -0.1) is 0 Å². The number of rotatable bonds is 9. The van der Waals surface area contributed by atoms with E-state index in [4.69, 9.17) is 0 Å². The van der Waals surface area contributed by atoms with Crippen LogP contribution in [0.5, 0.6) is 0 Å². The first kappa shape index (κ1) is 24.2. The van der Waals surface area contributed by atoms with Crippen LogP contribution in [0, 0.1) is 34.3 Å². The molecular weight excluding hydrogens is 436 g/mol. The number of aromatic carboxylic acids is 1. The number of nitro groups is 1. The number of nitrogens with zero attached hydrogens (tertiary/aromatic N) is 3. The van der Waals surface area contributed by atoms with Crippen molar-refractivity contribution in [1.82, 2.24) is 4.57 Å². The first-order chi connectivity index (χ1) is 16.3. The van der Waals surface area contributed by atoms with E-state index in [0.717, 1.165) is 23.0 Å². The molecule has 0 aliphatic carbocycles. The molecule has 0 radical (unpaired) electrons. The Morgan fingerprint density at radius 3 is 2.47 bits per heavy atom. The van der Waals surface area contributed by atoms with Gasteiger partial charge < -0.3 is 15.0 Å². The highest BCUT2D eigenvalue weighted by Gasteiger charge is 2.26. The third-order valence-corrected chi connectivity index (χ3v) is 5.59. The van der Waals surface area contributed by atoms with Gasteiger partial charge >= 0.3 is 5.97 Å². The summed E-state index contributed by atoms with van der Waals surface area (Å²) in [6, 6.07) is 16.9. The number of anilines is 1. The average molecular weight is 460 g/mol. The zero-order valence-electron chi connectivity index (χ0n) is 18.8. The summed E-state index contributed by atoms with van der Waals surface area (Å²) in [5.41, 5.74) is 2.03. The van der Waals surface area contributed by atoms with Crippen LogP contribution >= 0.6 is 0 Å². The zero-order valence-corrected chi connectivity index (χ0v) is 18.8. The first-order valence-electron chi connectivity index (χ1n) is 10.8. The molecule has 0 spiro atoms. The fourth-order valence-electron chi connectivity index (χ4n) is 3.94. The number of amides is 1. The second kappa shape index (κ2) is 10.4. The number of hydrogen-bond donors (Lipinski definition) is 2. The molecule has 0 aliphatic heterocycles.